The molecule has 0 fully saturated rings. The summed E-state index contributed by atoms with van der Waals surface area (Å²) in [5, 5.41) is 10.3. The van der Waals surface area contributed by atoms with Crippen LogP contribution in [0.15, 0.2) is 15.9 Å². The van der Waals surface area contributed by atoms with E-state index in [0.717, 1.165) is 15.1 Å². The summed E-state index contributed by atoms with van der Waals surface area (Å²) in [5.41, 5.74) is 0. The maximum atomic E-state index is 12.6. The van der Waals surface area contributed by atoms with Crippen LogP contribution in [0.5, 0.6) is 0 Å². The van der Waals surface area contributed by atoms with Gasteiger partial charge in [-0.3, -0.25) is 4.79 Å². The summed E-state index contributed by atoms with van der Waals surface area (Å²) in [4.78, 5) is 11.6. The number of halogens is 3. The minimum absolute atomic E-state index is 0.343. The third-order valence-electron chi connectivity index (χ3n) is 1.54. The van der Waals surface area contributed by atoms with Gasteiger partial charge in [0.1, 0.15) is 6.61 Å². The first-order valence-electron chi connectivity index (χ1n) is 3.97. The van der Waals surface area contributed by atoms with Gasteiger partial charge in [-0.2, -0.15) is 0 Å². The lowest BCUT2D eigenvalue weighted by Gasteiger charge is -2.13. The molecule has 15 heavy (non-hydrogen) atoms. The van der Waals surface area contributed by atoms with E-state index in [1.165, 1.54) is 6.07 Å². The third-order valence-corrected chi connectivity index (χ3v) is 3.16. The fourth-order valence-electron chi connectivity index (χ4n) is 0.789. The number of hydrogen-bond donors (Lipinski definition) is 2. The van der Waals surface area contributed by atoms with Crippen LogP contribution in [0.3, 0.4) is 0 Å². The molecule has 1 rings (SSSR count). The van der Waals surface area contributed by atoms with Crippen molar-refractivity contribution in [2.45, 2.75) is 5.92 Å². The molecule has 1 aromatic rings. The van der Waals surface area contributed by atoms with Crippen LogP contribution in [0.1, 0.15) is 9.67 Å². The Kier molecular flexibility index (Phi) is 4.18. The summed E-state index contributed by atoms with van der Waals surface area (Å²) in [6.07, 6.45) is 0. The summed E-state index contributed by atoms with van der Waals surface area (Å²) in [5.74, 6) is -3.84. The van der Waals surface area contributed by atoms with Crippen molar-refractivity contribution in [1.82, 2.24) is 5.32 Å². The quantitative estimate of drug-likeness (QED) is 0.892. The number of amides is 1. The van der Waals surface area contributed by atoms with Gasteiger partial charge in [-0.1, -0.05) is 0 Å². The molecular formula is C8H8BrF2NO2S. The van der Waals surface area contributed by atoms with Crippen LogP contribution in [-0.4, -0.2) is 30.1 Å². The molecule has 1 heterocycles. The predicted octanol–water partition coefficient (Wildman–Crippen LogP) is 1.87. The number of hydrogen-bond acceptors (Lipinski definition) is 3. The second-order valence-corrected chi connectivity index (χ2v) is 5.26. The largest absolute Gasteiger partial charge is 0.390 e. The zero-order valence-electron chi connectivity index (χ0n) is 7.47. The molecule has 0 radical (unpaired) electrons. The summed E-state index contributed by atoms with van der Waals surface area (Å²) in [6.45, 7) is -2.14. The standard InChI is InChI=1S/C8H8BrF2NO2S/c9-6-2-1-5(15-6)7(14)12-3-8(10,11)4-13/h1-2,13H,3-4H2,(H,12,14). The average Bonchev–Trinajstić information content (AvgIpc) is 2.61. The van der Waals surface area contributed by atoms with Crippen molar-refractivity contribution in [2.24, 2.45) is 0 Å². The Labute approximate surface area is 97.2 Å². The highest BCUT2D eigenvalue weighted by Crippen LogP contribution is 2.22. The van der Waals surface area contributed by atoms with Crippen LogP contribution in [0, 0.1) is 0 Å². The van der Waals surface area contributed by atoms with Crippen LogP contribution in [0.4, 0.5) is 8.78 Å². The first-order valence-corrected chi connectivity index (χ1v) is 5.58. The Morgan fingerprint density at radius 2 is 2.27 bits per heavy atom. The molecule has 7 heteroatoms. The minimum atomic E-state index is -3.27. The maximum Gasteiger partial charge on any atom is 0.287 e. The molecule has 0 unspecified atom stereocenters. The molecule has 2 N–H and O–H groups in total. The molecule has 0 aromatic carbocycles. The number of aliphatic hydroxyl groups excluding tert-OH is 1. The number of thiophene rings is 1. The van der Waals surface area contributed by atoms with Gasteiger partial charge in [0.2, 0.25) is 0 Å². The highest BCUT2D eigenvalue weighted by atomic mass is 79.9. The second kappa shape index (κ2) is 5.00. The number of aliphatic hydroxyl groups is 1. The van der Waals surface area contributed by atoms with Gasteiger partial charge in [-0.25, -0.2) is 8.78 Å². The highest BCUT2D eigenvalue weighted by Gasteiger charge is 2.28. The lowest BCUT2D eigenvalue weighted by Crippen LogP contribution is -2.38. The van der Waals surface area contributed by atoms with Crippen molar-refractivity contribution >= 4 is 33.2 Å². The molecule has 0 aliphatic carbocycles. The molecule has 0 saturated heterocycles. The van der Waals surface area contributed by atoms with Gasteiger partial charge in [-0.05, 0) is 28.1 Å². The Morgan fingerprint density at radius 3 is 2.73 bits per heavy atom. The van der Waals surface area contributed by atoms with E-state index in [2.05, 4.69) is 15.9 Å². The van der Waals surface area contributed by atoms with Gasteiger partial charge in [0.05, 0.1) is 15.2 Å². The zero-order chi connectivity index (χ0) is 11.5. The van der Waals surface area contributed by atoms with Gasteiger partial charge < -0.3 is 10.4 Å². The fraction of sp³-hybridized carbons (Fsp3) is 0.375. The second-order valence-electron chi connectivity index (χ2n) is 2.80. The lowest BCUT2D eigenvalue weighted by molar-refractivity contribution is -0.0461. The molecule has 0 spiro atoms. The molecule has 0 aliphatic heterocycles. The molecule has 0 aliphatic rings. The molecule has 0 atom stereocenters. The molecule has 0 bridgehead atoms. The number of carbonyl (C=O) groups excluding carboxylic acids is 1. The number of nitrogens with one attached hydrogen (secondary N) is 1. The lowest BCUT2D eigenvalue weighted by atomic mass is 10.3. The smallest absolute Gasteiger partial charge is 0.287 e. The van der Waals surface area contributed by atoms with E-state index < -0.39 is 25.0 Å². The molecule has 0 saturated carbocycles. The van der Waals surface area contributed by atoms with Gasteiger partial charge >= 0.3 is 0 Å². The Morgan fingerprint density at radius 1 is 1.60 bits per heavy atom. The monoisotopic (exact) mass is 299 g/mol. The predicted molar refractivity (Wildman–Crippen MR) is 56.4 cm³/mol. The van der Waals surface area contributed by atoms with E-state index >= 15 is 0 Å². The molecule has 84 valence electrons. The van der Waals surface area contributed by atoms with Crippen molar-refractivity contribution in [3.8, 4) is 0 Å². The van der Waals surface area contributed by atoms with E-state index in [0.29, 0.717) is 4.88 Å². The minimum Gasteiger partial charge on any atom is -0.390 e. The van der Waals surface area contributed by atoms with E-state index in [1.807, 2.05) is 5.32 Å². The Balaban J connectivity index is 2.50. The van der Waals surface area contributed by atoms with Crippen molar-refractivity contribution < 1.29 is 18.7 Å². The first-order chi connectivity index (χ1) is 6.94. The Bertz CT molecular complexity index is 356. The van der Waals surface area contributed by atoms with Crippen LogP contribution in [0.25, 0.3) is 0 Å². The first kappa shape index (κ1) is 12.5. The number of alkyl halides is 2. The van der Waals surface area contributed by atoms with E-state index in [9.17, 15) is 13.6 Å². The molecule has 1 aromatic heterocycles. The summed E-state index contributed by atoms with van der Waals surface area (Å²) in [7, 11) is 0. The van der Waals surface area contributed by atoms with Crippen molar-refractivity contribution in [3.63, 3.8) is 0 Å². The topological polar surface area (TPSA) is 49.3 Å². The van der Waals surface area contributed by atoms with Gasteiger partial charge in [-0.15, -0.1) is 11.3 Å². The molecule has 1 amide bonds. The van der Waals surface area contributed by atoms with Crippen molar-refractivity contribution in [1.29, 1.82) is 0 Å². The van der Waals surface area contributed by atoms with E-state index in [-0.39, 0.29) is 0 Å². The zero-order valence-corrected chi connectivity index (χ0v) is 9.87. The van der Waals surface area contributed by atoms with Gasteiger partial charge in [0, 0.05) is 0 Å². The van der Waals surface area contributed by atoms with Crippen LogP contribution in [0.2, 0.25) is 0 Å². The summed E-state index contributed by atoms with van der Waals surface area (Å²) < 4.78 is 25.9. The number of rotatable bonds is 4. The highest BCUT2D eigenvalue weighted by molar-refractivity contribution is 9.11. The van der Waals surface area contributed by atoms with E-state index in [1.54, 1.807) is 6.07 Å². The SMILES string of the molecule is O=C(NCC(F)(F)CO)c1ccc(Br)s1. The van der Waals surface area contributed by atoms with E-state index in [4.69, 9.17) is 5.11 Å². The normalized spacial score (nSPS) is 11.5. The third kappa shape index (κ3) is 3.84. The number of carbonyl (C=O) groups is 1. The summed E-state index contributed by atoms with van der Waals surface area (Å²) in [6, 6.07) is 3.19. The fourth-order valence-corrected chi connectivity index (χ4v) is 2.09. The molecule has 3 nitrogen and oxygen atoms in total. The average molecular weight is 300 g/mol. The van der Waals surface area contributed by atoms with Crippen molar-refractivity contribution in [2.75, 3.05) is 13.2 Å². The van der Waals surface area contributed by atoms with Crippen LogP contribution >= 0.6 is 27.3 Å². The van der Waals surface area contributed by atoms with Crippen molar-refractivity contribution in [3.05, 3.63) is 20.8 Å². The van der Waals surface area contributed by atoms with Crippen LogP contribution < -0.4 is 5.32 Å². The van der Waals surface area contributed by atoms with Gasteiger partial charge in [0.25, 0.3) is 11.8 Å². The Hall–Kier alpha value is -0.530. The maximum absolute atomic E-state index is 12.6. The summed E-state index contributed by atoms with van der Waals surface area (Å²) >= 11 is 4.31. The van der Waals surface area contributed by atoms with Crippen LogP contribution in [-0.2, 0) is 0 Å². The molecular weight excluding hydrogens is 292 g/mol. The van der Waals surface area contributed by atoms with Gasteiger partial charge in [0.15, 0.2) is 0 Å².